The molecule has 0 aromatic carbocycles. The first kappa shape index (κ1) is 9.52. The SMILES string of the molecule is CCC1CCCC(COC=O)O1. The van der Waals surface area contributed by atoms with Crippen LogP contribution in [-0.2, 0) is 14.3 Å². The van der Waals surface area contributed by atoms with E-state index in [-0.39, 0.29) is 6.10 Å². The highest BCUT2D eigenvalue weighted by Crippen LogP contribution is 2.20. The fraction of sp³-hybridized carbons (Fsp3) is 0.889. The van der Waals surface area contributed by atoms with Gasteiger partial charge in [0.1, 0.15) is 6.61 Å². The van der Waals surface area contributed by atoms with Gasteiger partial charge < -0.3 is 9.47 Å². The highest BCUT2D eigenvalue weighted by atomic mass is 16.6. The van der Waals surface area contributed by atoms with E-state index in [1.807, 2.05) is 0 Å². The minimum absolute atomic E-state index is 0.133. The summed E-state index contributed by atoms with van der Waals surface area (Å²) in [6, 6.07) is 0. The summed E-state index contributed by atoms with van der Waals surface area (Å²) < 4.78 is 10.3. The first-order valence-electron chi connectivity index (χ1n) is 4.57. The Morgan fingerprint density at radius 2 is 2.25 bits per heavy atom. The lowest BCUT2D eigenvalue weighted by Crippen LogP contribution is -2.30. The van der Waals surface area contributed by atoms with Crippen molar-refractivity contribution >= 4 is 6.47 Å². The fourth-order valence-electron chi connectivity index (χ4n) is 1.55. The molecule has 2 atom stereocenters. The van der Waals surface area contributed by atoms with Gasteiger partial charge in [0.15, 0.2) is 0 Å². The number of ether oxygens (including phenoxy) is 2. The Morgan fingerprint density at radius 1 is 1.50 bits per heavy atom. The molecule has 1 aliphatic rings. The number of carbonyl (C=O) groups is 1. The maximum atomic E-state index is 9.92. The van der Waals surface area contributed by atoms with Gasteiger partial charge >= 0.3 is 0 Å². The van der Waals surface area contributed by atoms with Crippen molar-refractivity contribution in [1.82, 2.24) is 0 Å². The van der Waals surface area contributed by atoms with Crippen LogP contribution in [0.2, 0.25) is 0 Å². The predicted molar refractivity (Wildman–Crippen MR) is 44.8 cm³/mol. The summed E-state index contributed by atoms with van der Waals surface area (Å²) in [6.45, 7) is 3.02. The lowest BCUT2D eigenvalue weighted by molar-refractivity contribution is -0.137. The molecule has 0 aromatic rings. The van der Waals surface area contributed by atoms with Gasteiger partial charge in [-0.1, -0.05) is 6.92 Å². The molecule has 0 N–H and O–H groups in total. The number of hydrogen-bond acceptors (Lipinski definition) is 3. The molecule has 1 heterocycles. The second-order valence-corrected chi connectivity index (χ2v) is 3.15. The Bertz CT molecular complexity index is 136. The van der Waals surface area contributed by atoms with Crippen LogP contribution >= 0.6 is 0 Å². The van der Waals surface area contributed by atoms with Crippen LogP contribution < -0.4 is 0 Å². The lowest BCUT2D eigenvalue weighted by Gasteiger charge is -2.28. The maximum absolute atomic E-state index is 9.92. The molecule has 3 heteroatoms. The molecular formula is C9H16O3. The largest absolute Gasteiger partial charge is 0.465 e. The lowest BCUT2D eigenvalue weighted by atomic mass is 10.0. The van der Waals surface area contributed by atoms with Gasteiger partial charge in [0.05, 0.1) is 12.2 Å². The number of hydrogen-bond donors (Lipinski definition) is 0. The van der Waals surface area contributed by atoms with Gasteiger partial charge in [0, 0.05) is 0 Å². The van der Waals surface area contributed by atoms with Crippen molar-refractivity contribution < 1.29 is 14.3 Å². The molecule has 0 spiro atoms. The predicted octanol–water partition coefficient (Wildman–Crippen LogP) is 1.51. The normalized spacial score (nSPS) is 29.8. The van der Waals surface area contributed by atoms with E-state index >= 15 is 0 Å². The third-order valence-corrected chi connectivity index (χ3v) is 2.24. The van der Waals surface area contributed by atoms with Crippen LogP contribution in [0.15, 0.2) is 0 Å². The summed E-state index contributed by atoms with van der Waals surface area (Å²) in [7, 11) is 0. The van der Waals surface area contributed by atoms with E-state index in [4.69, 9.17) is 4.74 Å². The summed E-state index contributed by atoms with van der Waals surface area (Å²) in [5.74, 6) is 0. The van der Waals surface area contributed by atoms with Crippen LogP contribution in [0.3, 0.4) is 0 Å². The quantitative estimate of drug-likeness (QED) is 0.603. The molecule has 12 heavy (non-hydrogen) atoms. The molecule has 3 nitrogen and oxygen atoms in total. The molecule has 70 valence electrons. The molecule has 0 aromatic heterocycles. The summed E-state index contributed by atoms with van der Waals surface area (Å²) in [5.41, 5.74) is 0. The second-order valence-electron chi connectivity index (χ2n) is 3.15. The molecule has 0 aliphatic carbocycles. The smallest absolute Gasteiger partial charge is 0.293 e. The van der Waals surface area contributed by atoms with Crippen LogP contribution in [0.5, 0.6) is 0 Å². The minimum atomic E-state index is 0.133. The van der Waals surface area contributed by atoms with Crippen LogP contribution in [0, 0.1) is 0 Å². The summed E-state index contributed by atoms with van der Waals surface area (Å²) in [4.78, 5) is 9.92. The van der Waals surface area contributed by atoms with Gasteiger partial charge in [-0.15, -0.1) is 0 Å². The van der Waals surface area contributed by atoms with Gasteiger partial charge in [-0.25, -0.2) is 0 Å². The van der Waals surface area contributed by atoms with Crippen LogP contribution in [0.1, 0.15) is 32.6 Å². The van der Waals surface area contributed by atoms with Crippen LogP contribution in [0.4, 0.5) is 0 Å². The van der Waals surface area contributed by atoms with Crippen molar-refractivity contribution in [1.29, 1.82) is 0 Å². The third-order valence-electron chi connectivity index (χ3n) is 2.24. The maximum Gasteiger partial charge on any atom is 0.293 e. The van der Waals surface area contributed by atoms with E-state index < -0.39 is 0 Å². The zero-order valence-corrected chi connectivity index (χ0v) is 7.49. The minimum Gasteiger partial charge on any atom is -0.465 e. The first-order valence-corrected chi connectivity index (χ1v) is 4.57. The second kappa shape index (κ2) is 5.14. The zero-order valence-electron chi connectivity index (χ0n) is 7.49. The van der Waals surface area contributed by atoms with E-state index in [0.29, 0.717) is 19.2 Å². The monoisotopic (exact) mass is 172 g/mol. The van der Waals surface area contributed by atoms with E-state index in [1.54, 1.807) is 0 Å². The van der Waals surface area contributed by atoms with E-state index in [1.165, 1.54) is 6.42 Å². The Morgan fingerprint density at radius 3 is 2.92 bits per heavy atom. The van der Waals surface area contributed by atoms with Gasteiger partial charge in [-0.05, 0) is 25.7 Å². The standard InChI is InChI=1S/C9H16O3/c1-2-8-4-3-5-9(12-8)6-11-7-10/h7-9H,2-6H2,1H3. The van der Waals surface area contributed by atoms with Crippen LogP contribution in [-0.4, -0.2) is 25.3 Å². The third kappa shape index (κ3) is 2.81. The molecule has 0 radical (unpaired) electrons. The van der Waals surface area contributed by atoms with Crippen molar-refractivity contribution in [2.45, 2.75) is 44.8 Å². The molecule has 1 fully saturated rings. The van der Waals surface area contributed by atoms with Crippen LogP contribution in [0.25, 0.3) is 0 Å². The Balaban J connectivity index is 2.20. The molecule has 0 amide bonds. The van der Waals surface area contributed by atoms with E-state index in [0.717, 1.165) is 19.3 Å². The average molecular weight is 172 g/mol. The molecule has 1 aliphatic heterocycles. The van der Waals surface area contributed by atoms with Gasteiger partial charge in [-0.3, -0.25) is 4.79 Å². The van der Waals surface area contributed by atoms with Crippen molar-refractivity contribution in [3.63, 3.8) is 0 Å². The van der Waals surface area contributed by atoms with Gasteiger partial charge in [0.2, 0.25) is 0 Å². The topological polar surface area (TPSA) is 35.5 Å². The highest BCUT2D eigenvalue weighted by Gasteiger charge is 2.20. The van der Waals surface area contributed by atoms with Crippen molar-refractivity contribution in [3.8, 4) is 0 Å². The molecule has 1 saturated heterocycles. The molecular weight excluding hydrogens is 156 g/mol. The van der Waals surface area contributed by atoms with Crippen molar-refractivity contribution in [2.24, 2.45) is 0 Å². The Hall–Kier alpha value is -0.570. The van der Waals surface area contributed by atoms with Gasteiger partial charge in [0.25, 0.3) is 6.47 Å². The highest BCUT2D eigenvalue weighted by molar-refractivity contribution is 5.36. The summed E-state index contributed by atoms with van der Waals surface area (Å²) >= 11 is 0. The van der Waals surface area contributed by atoms with E-state index in [9.17, 15) is 4.79 Å². The number of rotatable bonds is 4. The molecule has 0 saturated carbocycles. The Kier molecular flexibility index (Phi) is 4.08. The average Bonchev–Trinajstić information content (AvgIpc) is 2.15. The van der Waals surface area contributed by atoms with Crippen molar-refractivity contribution in [3.05, 3.63) is 0 Å². The summed E-state index contributed by atoms with van der Waals surface area (Å²) in [5, 5.41) is 0. The zero-order chi connectivity index (χ0) is 8.81. The molecule has 1 rings (SSSR count). The van der Waals surface area contributed by atoms with Crippen molar-refractivity contribution in [2.75, 3.05) is 6.61 Å². The first-order chi connectivity index (χ1) is 5.86. The van der Waals surface area contributed by atoms with E-state index in [2.05, 4.69) is 11.7 Å². The summed E-state index contributed by atoms with van der Waals surface area (Å²) in [6.07, 6.45) is 4.91. The fourth-order valence-corrected chi connectivity index (χ4v) is 1.55. The Labute approximate surface area is 73.0 Å². The molecule has 0 bridgehead atoms. The molecule has 2 unspecified atom stereocenters. The van der Waals surface area contributed by atoms with Gasteiger partial charge in [-0.2, -0.15) is 0 Å². The number of carbonyl (C=O) groups excluding carboxylic acids is 1.